The van der Waals surface area contributed by atoms with Gasteiger partial charge in [-0.2, -0.15) is 4.31 Å². The molecule has 0 bridgehead atoms. The van der Waals surface area contributed by atoms with Crippen molar-refractivity contribution >= 4 is 32.4 Å². The first-order valence-corrected chi connectivity index (χ1v) is 11.8. The Balaban J connectivity index is 1.40. The van der Waals surface area contributed by atoms with Crippen LogP contribution in [-0.2, 0) is 21.2 Å². The summed E-state index contributed by atoms with van der Waals surface area (Å²) in [6.45, 7) is 2.79. The molecule has 0 spiro atoms. The molecule has 6 heteroatoms. The first-order valence-electron chi connectivity index (χ1n) is 10.4. The third-order valence-corrected chi connectivity index (χ3v) is 7.71. The molecule has 1 aliphatic rings. The van der Waals surface area contributed by atoms with Crippen LogP contribution in [0.3, 0.4) is 0 Å². The molecule has 1 heterocycles. The number of benzene rings is 3. The van der Waals surface area contributed by atoms with E-state index in [0.29, 0.717) is 30.8 Å². The van der Waals surface area contributed by atoms with Crippen LogP contribution in [-0.4, -0.2) is 31.7 Å². The number of hydrogen-bond donors (Lipinski definition) is 1. The number of nitrogens with zero attached hydrogens (tertiary/aromatic N) is 1. The number of rotatable bonds is 5. The van der Waals surface area contributed by atoms with Crippen LogP contribution in [0.25, 0.3) is 10.8 Å². The van der Waals surface area contributed by atoms with Gasteiger partial charge in [-0.15, -0.1) is 0 Å². The van der Waals surface area contributed by atoms with Crippen molar-refractivity contribution in [3.63, 3.8) is 0 Å². The average Bonchev–Trinajstić information content (AvgIpc) is 2.79. The second-order valence-corrected chi connectivity index (χ2v) is 9.66. The van der Waals surface area contributed by atoms with Gasteiger partial charge in [0.15, 0.2) is 0 Å². The molecular formula is C24H26N2O3S. The molecule has 4 rings (SSSR count). The summed E-state index contributed by atoms with van der Waals surface area (Å²) >= 11 is 0. The maximum absolute atomic E-state index is 13.1. The van der Waals surface area contributed by atoms with Gasteiger partial charge in [-0.25, -0.2) is 8.42 Å². The number of fused-ring (bicyclic) bond motifs is 1. The molecular weight excluding hydrogens is 396 g/mol. The van der Waals surface area contributed by atoms with Gasteiger partial charge >= 0.3 is 0 Å². The summed E-state index contributed by atoms with van der Waals surface area (Å²) in [5, 5.41) is 4.88. The van der Waals surface area contributed by atoms with Crippen molar-refractivity contribution in [1.29, 1.82) is 0 Å². The molecule has 1 fully saturated rings. The molecule has 5 nitrogen and oxygen atoms in total. The van der Waals surface area contributed by atoms with Crippen LogP contribution in [0.4, 0.5) is 5.69 Å². The van der Waals surface area contributed by atoms with Crippen molar-refractivity contribution in [3.8, 4) is 0 Å². The highest BCUT2D eigenvalue weighted by molar-refractivity contribution is 7.89. The van der Waals surface area contributed by atoms with Gasteiger partial charge in [0.05, 0.1) is 4.90 Å². The first-order chi connectivity index (χ1) is 14.5. The van der Waals surface area contributed by atoms with Crippen molar-refractivity contribution < 1.29 is 13.2 Å². The second-order valence-electron chi connectivity index (χ2n) is 7.73. The van der Waals surface area contributed by atoms with Crippen LogP contribution in [0.1, 0.15) is 25.3 Å². The van der Waals surface area contributed by atoms with E-state index in [1.165, 1.54) is 9.87 Å². The summed E-state index contributed by atoms with van der Waals surface area (Å²) in [5.74, 6) is -0.221. The Labute approximate surface area is 177 Å². The third kappa shape index (κ3) is 4.25. The number of hydrogen-bond acceptors (Lipinski definition) is 3. The summed E-state index contributed by atoms with van der Waals surface area (Å²) in [6, 6.07) is 20.8. The predicted octanol–water partition coefficient (Wildman–Crippen LogP) is 4.44. The van der Waals surface area contributed by atoms with E-state index in [1.54, 1.807) is 12.1 Å². The molecule has 0 unspecified atom stereocenters. The Morgan fingerprint density at radius 2 is 1.63 bits per heavy atom. The number of carbonyl (C=O) groups is 1. The molecule has 1 amide bonds. The van der Waals surface area contributed by atoms with Gasteiger partial charge in [0.2, 0.25) is 15.9 Å². The molecule has 1 aliphatic heterocycles. The Kier molecular flexibility index (Phi) is 5.88. The van der Waals surface area contributed by atoms with E-state index in [0.717, 1.165) is 22.9 Å². The van der Waals surface area contributed by atoms with Gasteiger partial charge in [-0.3, -0.25) is 4.79 Å². The Morgan fingerprint density at radius 1 is 0.967 bits per heavy atom. The minimum absolute atomic E-state index is 0.0398. The lowest BCUT2D eigenvalue weighted by Gasteiger charge is -2.30. The molecule has 30 heavy (non-hydrogen) atoms. The van der Waals surface area contributed by atoms with E-state index in [9.17, 15) is 13.2 Å². The van der Waals surface area contributed by atoms with Gasteiger partial charge < -0.3 is 5.32 Å². The summed E-state index contributed by atoms with van der Waals surface area (Å²) in [7, 11) is -3.57. The lowest BCUT2D eigenvalue weighted by atomic mass is 9.97. The number of nitrogens with one attached hydrogen (secondary N) is 1. The summed E-state index contributed by atoms with van der Waals surface area (Å²) in [6.07, 6.45) is 2.00. The lowest BCUT2D eigenvalue weighted by molar-refractivity contribution is -0.120. The number of sulfonamides is 1. The highest BCUT2D eigenvalue weighted by Crippen LogP contribution is 2.27. The number of piperidine rings is 1. The minimum Gasteiger partial charge on any atom is -0.326 e. The van der Waals surface area contributed by atoms with Crippen LogP contribution in [0.2, 0.25) is 0 Å². The first kappa shape index (κ1) is 20.6. The summed E-state index contributed by atoms with van der Waals surface area (Å²) in [5.41, 5.74) is 2.00. The zero-order valence-electron chi connectivity index (χ0n) is 17.0. The van der Waals surface area contributed by atoms with E-state index >= 15 is 0 Å². The fourth-order valence-corrected chi connectivity index (χ4v) is 5.41. The van der Waals surface area contributed by atoms with E-state index in [-0.39, 0.29) is 11.8 Å². The highest BCUT2D eigenvalue weighted by Gasteiger charge is 2.32. The maximum Gasteiger partial charge on any atom is 0.243 e. The number of aryl methyl sites for hydroxylation is 1. The minimum atomic E-state index is -3.57. The van der Waals surface area contributed by atoms with Gasteiger partial charge in [-0.05, 0) is 59.9 Å². The van der Waals surface area contributed by atoms with Crippen molar-refractivity contribution in [2.24, 2.45) is 5.92 Å². The molecule has 156 valence electrons. The van der Waals surface area contributed by atoms with Crippen molar-refractivity contribution in [1.82, 2.24) is 4.31 Å². The van der Waals surface area contributed by atoms with Crippen LogP contribution >= 0.6 is 0 Å². The summed E-state index contributed by atoms with van der Waals surface area (Å²) < 4.78 is 27.7. The Bertz CT molecular complexity index is 1150. The fourth-order valence-electron chi connectivity index (χ4n) is 3.90. The van der Waals surface area contributed by atoms with Gasteiger partial charge in [0.1, 0.15) is 0 Å². The molecule has 0 aromatic heterocycles. The molecule has 0 atom stereocenters. The van der Waals surface area contributed by atoms with Gasteiger partial charge in [0.25, 0.3) is 0 Å². The SMILES string of the molecule is CCc1ccc(NC(=O)C2CCN(S(=O)(=O)c3ccc4ccccc4c3)CC2)cc1. The topological polar surface area (TPSA) is 66.5 Å². The molecule has 3 aromatic rings. The molecule has 1 N–H and O–H groups in total. The van der Waals surface area contributed by atoms with Crippen LogP contribution in [0.5, 0.6) is 0 Å². The quantitative estimate of drug-likeness (QED) is 0.661. The molecule has 0 saturated carbocycles. The number of carbonyl (C=O) groups excluding carboxylic acids is 1. The van der Waals surface area contributed by atoms with Crippen molar-refractivity contribution in [2.75, 3.05) is 18.4 Å². The standard InChI is InChI=1S/C24H26N2O3S/c1-2-18-7-10-22(11-8-18)25-24(27)20-13-15-26(16-14-20)30(28,29)23-12-9-19-5-3-4-6-21(19)17-23/h3-12,17,20H,2,13-16H2,1H3,(H,25,27). The second kappa shape index (κ2) is 8.58. The molecule has 1 saturated heterocycles. The third-order valence-electron chi connectivity index (χ3n) is 5.81. The van der Waals surface area contributed by atoms with E-state index in [4.69, 9.17) is 0 Å². The smallest absolute Gasteiger partial charge is 0.243 e. The molecule has 0 aliphatic carbocycles. The normalized spacial score (nSPS) is 15.9. The number of anilines is 1. The maximum atomic E-state index is 13.1. The monoisotopic (exact) mass is 422 g/mol. The Hall–Kier alpha value is -2.70. The zero-order valence-corrected chi connectivity index (χ0v) is 17.9. The number of amides is 1. The highest BCUT2D eigenvalue weighted by atomic mass is 32.2. The van der Waals surface area contributed by atoms with Crippen LogP contribution in [0.15, 0.2) is 71.6 Å². The summed E-state index contributed by atoms with van der Waals surface area (Å²) in [4.78, 5) is 12.9. The van der Waals surface area contributed by atoms with E-state index in [1.807, 2.05) is 54.6 Å². The largest absolute Gasteiger partial charge is 0.326 e. The average molecular weight is 423 g/mol. The van der Waals surface area contributed by atoms with Crippen LogP contribution < -0.4 is 5.32 Å². The zero-order chi connectivity index (χ0) is 21.1. The lowest BCUT2D eigenvalue weighted by Crippen LogP contribution is -2.41. The Morgan fingerprint density at radius 3 is 2.30 bits per heavy atom. The van der Waals surface area contributed by atoms with E-state index in [2.05, 4.69) is 12.2 Å². The van der Waals surface area contributed by atoms with Crippen molar-refractivity contribution in [2.45, 2.75) is 31.1 Å². The fraction of sp³-hybridized carbons (Fsp3) is 0.292. The van der Waals surface area contributed by atoms with E-state index < -0.39 is 10.0 Å². The molecule has 3 aromatic carbocycles. The van der Waals surface area contributed by atoms with Gasteiger partial charge in [-0.1, -0.05) is 49.4 Å². The van der Waals surface area contributed by atoms with Crippen LogP contribution in [0, 0.1) is 5.92 Å². The van der Waals surface area contributed by atoms with Crippen molar-refractivity contribution in [3.05, 3.63) is 72.3 Å². The molecule has 0 radical (unpaired) electrons. The predicted molar refractivity (Wildman–Crippen MR) is 120 cm³/mol. The van der Waals surface area contributed by atoms with Gasteiger partial charge in [0, 0.05) is 24.7 Å².